The van der Waals surface area contributed by atoms with Crippen molar-refractivity contribution < 1.29 is 19.1 Å². The highest BCUT2D eigenvalue weighted by Crippen LogP contribution is 2.44. The summed E-state index contributed by atoms with van der Waals surface area (Å²) in [6.07, 6.45) is 6.96. The maximum Gasteiger partial charge on any atom is 0.326 e. The predicted molar refractivity (Wildman–Crippen MR) is 129 cm³/mol. The third-order valence-corrected chi connectivity index (χ3v) is 6.25. The maximum atomic E-state index is 13.2. The molecule has 1 amide bonds. The van der Waals surface area contributed by atoms with Crippen molar-refractivity contribution in [2.24, 2.45) is 0 Å². The molecule has 0 aliphatic heterocycles. The number of aliphatic carboxylic acids is 1. The number of amides is 1. The van der Waals surface area contributed by atoms with Crippen LogP contribution in [0.3, 0.4) is 0 Å². The normalized spacial score (nSPS) is 17.7. The highest BCUT2D eigenvalue weighted by atomic mass is 19.1. The Labute approximate surface area is 203 Å². The van der Waals surface area contributed by atoms with E-state index in [4.69, 9.17) is 0 Å². The van der Waals surface area contributed by atoms with Gasteiger partial charge in [-0.05, 0) is 67.8 Å². The van der Waals surface area contributed by atoms with E-state index in [0.29, 0.717) is 43.5 Å². The van der Waals surface area contributed by atoms with E-state index in [1.54, 1.807) is 41.3 Å². The van der Waals surface area contributed by atoms with Gasteiger partial charge < -0.3 is 10.4 Å². The lowest BCUT2D eigenvalue weighted by Gasteiger charge is -2.22. The molecule has 182 valence electrons. The van der Waals surface area contributed by atoms with Gasteiger partial charge in [0.1, 0.15) is 11.9 Å². The molecule has 2 aromatic carbocycles. The maximum absolute atomic E-state index is 13.2. The van der Waals surface area contributed by atoms with Gasteiger partial charge in [-0.3, -0.25) is 9.69 Å². The van der Waals surface area contributed by atoms with Gasteiger partial charge in [0.25, 0.3) is 5.91 Å². The van der Waals surface area contributed by atoms with Crippen molar-refractivity contribution >= 4 is 11.9 Å². The van der Waals surface area contributed by atoms with Crippen LogP contribution in [0.4, 0.5) is 4.39 Å². The highest BCUT2D eigenvalue weighted by molar-refractivity contribution is 5.96. The first-order valence-corrected chi connectivity index (χ1v) is 11.6. The van der Waals surface area contributed by atoms with E-state index in [2.05, 4.69) is 27.1 Å². The third kappa shape index (κ3) is 6.19. The summed E-state index contributed by atoms with van der Waals surface area (Å²) in [7, 11) is 0. The van der Waals surface area contributed by atoms with Crippen LogP contribution in [0.5, 0.6) is 0 Å². The van der Waals surface area contributed by atoms with E-state index in [1.807, 2.05) is 18.2 Å². The second-order valence-electron chi connectivity index (χ2n) is 8.65. The summed E-state index contributed by atoms with van der Waals surface area (Å²) in [5.41, 5.74) is 2.22. The van der Waals surface area contributed by atoms with Gasteiger partial charge in [-0.15, -0.1) is 11.7 Å². The van der Waals surface area contributed by atoms with Crippen LogP contribution in [0.2, 0.25) is 0 Å². The van der Waals surface area contributed by atoms with Crippen molar-refractivity contribution in [2.45, 2.75) is 37.3 Å². The van der Waals surface area contributed by atoms with Crippen LogP contribution in [-0.4, -0.2) is 62.0 Å². The van der Waals surface area contributed by atoms with Crippen LogP contribution in [0.1, 0.15) is 41.1 Å². The number of carbonyl (C=O) groups is 2. The Morgan fingerprint density at radius 2 is 1.97 bits per heavy atom. The zero-order chi connectivity index (χ0) is 24.8. The lowest BCUT2D eigenvalue weighted by atomic mass is 10.1. The average Bonchev–Trinajstić information content (AvgIpc) is 3.45. The first-order chi connectivity index (χ1) is 17.0. The minimum absolute atomic E-state index is 0.248. The number of carboxylic acid groups (broad SMARTS) is 1. The molecule has 35 heavy (non-hydrogen) atoms. The van der Waals surface area contributed by atoms with Gasteiger partial charge in [0.15, 0.2) is 0 Å². The molecule has 2 N–H and O–H groups in total. The minimum Gasteiger partial charge on any atom is -0.480 e. The third-order valence-electron chi connectivity index (χ3n) is 6.25. The Morgan fingerprint density at radius 1 is 1.23 bits per heavy atom. The SMILES string of the molecule is C=CCN(CCCC(NC(=O)c1ccc(-n2ccnn2)cc1)C(=O)O)[C@@H]1C[C@H]1c1ccc(F)cc1. The van der Waals surface area contributed by atoms with Gasteiger partial charge in [-0.25, -0.2) is 13.9 Å². The molecular weight excluding hydrogens is 449 g/mol. The van der Waals surface area contributed by atoms with Crippen molar-refractivity contribution in [3.63, 3.8) is 0 Å². The first-order valence-electron chi connectivity index (χ1n) is 11.6. The number of carbonyl (C=O) groups excluding carboxylic acids is 1. The molecule has 3 atom stereocenters. The number of halogens is 1. The molecule has 1 fully saturated rings. The van der Waals surface area contributed by atoms with Gasteiger partial charge in [-0.2, -0.15) is 0 Å². The molecule has 1 saturated carbocycles. The molecule has 1 aromatic heterocycles. The fourth-order valence-corrected chi connectivity index (χ4v) is 4.32. The van der Waals surface area contributed by atoms with E-state index in [9.17, 15) is 19.1 Å². The monoisotopic (exact) mass is 477 g/mol. The summed E-state index contributed by atoms with van der Waals surface area (Å²) >= 11 is 0. The molecule has 0 bridgehead atoms. The van der Waals surface area contributed by atoms with Gasteiger partial charge in [0.2, 0.25) is 0 Å². The van der Waals surface area contributed by atoms with Crippen LogP contribution in [0.25, 0.3) is 5.69 Å². The Kier molecular flexibility index (Phi) is 7.67. The Bertz CT molecular complexity index is 1150. The molecule has 4 rings (SSSR count). The van der Waals surface area contributed by atoms with Crippen LogP contribution < -0.4 is 5.32 Å². The number of rotatable bonds is 12. The van der Waals surface area contributed by atoms with Crippen molar-refractivity contribution in [3.8, 4) is 5.69 Å². The van der Waals surface area contributed by atoms with Crippen molar-refractivity contribution in [1.82, 2.24) is 25.2 Å². The van der Waals surface area contributed by atoms with Gasteiger partial charge in [-0.1, -0.05) is 23.4 Å². The number of hydrogen-bond acceptors (Lipinski definition) is 5. The van der Waals surface area contributed by atoms with E-state index in [0.717, 1.165) is 17.7 Å². The van der Waals surface area contributed by atoms with E-state index < -0.39 is 17.9 Å². The van der Waals surface area contributed by atoms with Crippen LogP contribution in [0.15, 0.2) is 73.6 Å². The fraction of sp³-hybridized carbons (Fsp3) is 0.308. The molecule has 0 spiro atoms. The van der Waals surface area contributed by atoms with Gasteiger partial charge >= 0.3 is 5.97 Å². The second-order valence-corrected chi connectivity index (χ2v) is 8.65. The summed E-state index contributed by atoms with van der Waals surface area (Å²) in [5.74, 6) is -1.42. The van der Waals surface area contributed by atoms with Gasteiger partial charge in [0, 0.05) is 24.1 Å². The number of nitrogens with one attached hydrogen (secondary N) is 1. The summed E-state index contributed by atoms with van der Waals surface area (Å²) in [6, 6.07) is 12.6. The van der Waals surface area contributed by atoms with Crippen LogP contribution in [-0.2, 0) is 4.79 Å². The zero-order valence-electron chi connectivity index (χ0n) is 19.3. The Balaban J connectivity index is 1.30. The standard InChI is InChI=1S/C26H28FN5O3/c1-2-14-31(24-17-22(24)18-5-9-20(27)10-6-18)15-3-4-23(26(34)35)29-25(33)19-7-11-21(12-8-19)32-16-13-28-30-32/h2,5-13,16,22-24H,1,3-4,14-15,17H2,(H,29,33)(H,34,35)/t22-,23?,24+/m0/s1. The summed E-state index contributed by atoms with van der Waals surface area (Å²) in [4.78, 5) is 26.7. The highest BCUT2D eigenvalue weighted by Gasteiger charge is 2.42. The number of nitrogens with zero attached hydrogens (tertiary/aromatic N) is 4. The number of hydrogen-bond donors (Lipinski definition) is 2. The first kappa shape index (κ1) is 24.3. The van der Waals surface area contributed by atoms with E-state index >= 15 is 0 Å². The summed E-state index contributed by atoms with van der Waals surface area (Å²) in [6.45, 7) is 5.20. The Morgan fingerprint density at radius 3 is 2.60 bits per heavy atom. The molecule has 0 radical (unpaired) electrons. The fourth-order valence-electron chi connectivity index (χ4n) is 4.32. The van der Waals surface area contributed by atoms with Crippen molar-refractivity contribution in [1.29, 1.82) is 0 Å². The molecule has 8 nitrogen and oxygen atoms in total. The van der Waals surface area contributed by atoms with E-state index in [-0.39, 0.29) is 5.82 Å². The van der Waals surface area contributed by atoms with Crippen molar-refractivity contribution in [2.75, 3.05) is 13.1 Å². The van der Waals surface area contributed by atoms with Crippen LogP contribution >= 0.6 is 0 Å². The predicted octanol–water partition coefficient (Wildman–Crippen LogP) is 3.41. The zero-order valence-corrected chi connectivity index (χ0v) is 19.3. The summed E-state index contributed by atoms with van der Waals surface area (Å²) in [5, 5.41) is 19.9. The Hall–Kier alpha value is -3.85. The molecule has 1 unspecified atom stereocenters. The van der Waals surface area contributed by atoms with Gasteiger partial charge in [0.05, 0.1) is 18.1 Å². The second kappa shape index (κ2) is 11.1. The molecule has 3 aromatic rings. The van der Waals surface area contributed by atoms with E-state index in [1.165, 1.54) is 12.1 Å². The number of carboxylic acids is 1. The lowest BCUT2D eigenvalue weighted by molar-refractivity contribution is -0.139. The minimum atomic E-state index is -1.07. The molecule has 0 saturated heterocycles. The number of benzene rings is 2. The summed E-state index contributed by atoms with van der Waals surface area (Å²) < 4.78 is 14.8. The molecule has 1 heterocycles. The van der Waals surface area contributed by atoms with Crippen LogP contribution in [0, 0.1) is 5.82 Å². The average molecular weight is 478 g/mol. The molecular formula is C26H28FN5O3. The molecule has 1 aliphatic carbocycles. The quantitative estimate of drug-likeness (QED) is 0.388. The molecule has 1 aliphatic rings. The topological polar surface area (TPSA) is 100 Å². The largest absolute Gasteiger partial charge is 0.480 e. The smallest absolute Gasteiger partial charge is 0.326 e. The van der Waals surface area contributed by atoms with Crippen molar-refractivity contribution in [3.05, 3.63) is 90.5 Å². The number of aromatic nitrogens is 3. The lowest BCUT2D eigenvalue weighted by Crippen LogP contribution is -2.41. The molecule has 9 heteroatoms.